The minimum atomic E-state index is 0.119. The first-order valence-electron chi connectivity index (χ1n) is 6.85. The Kier molecular flexibility index (Phi) is 4.24. The Hall–Kier alpha value is -1.51. The third-order valence-corrected chi connectivity index (χ3v) is 3.56. The molecule has 18 heavy (non-hydrogen) atoms. The molecule has 0 fully saturated rings. The summed E-state index contributed by atoms with van der Waals surface area (Å²) in [7, 11) is 0. The van der Waals surface area contributed by atoms with Crippen molar-refractivity contribution in [3.63, 3.8) is 0 Å². The first-order valence-corrected chi connectivity index (χ1v) is 6.85. The minimum absolute atomic E-state index is 0.119. The van der Waals surface area contributed by atoms with Gasteiger partial charge in [-0.2, -0.15) is 0 Å². The summed E-state index contributed by atoms with van der Waals surface area (Å²) in [6, 6.07) is 6.13. The van der Waals surface area contributed by atoms with Crippen LogP contribution in [-0.2, 0) is 11.2 Å². The highest BCUT2D eigenvalue weighted by Crippen LogP contribution is 2.25. The van der Waals surface area contributed by atoms with Gasteiger partial charge < -0.3 is 10.6 Å². The number of carbonyl (C=O) groups is 1. The van der Waals surface area contributed by atoms with E-state index in [9.17, 15) is 4.79 Å². The monoisotopic (exact) mass is 246 g/mol. The molecule has 3 nitrogen and oxygen atoms in total. The molecule has 1 aliphatic rings. The van der Waals surface area contributed by atoms with Crippen molar-refractivity contribution < 1.29 is 4.79 Å². The molecule has 0 aliphatic carbocycles. The number of fused-ring (bicyclic) bond motifs is 1. The van der Waals surface area contributed by atoms with Gasteiger partial charge >= 0.3 is 0 Å². The van der Waals surface area contributed by atoms with E-state index in [0.717, 1.165) is 31.5 Å². The van der Waals surface area contributed by atoms with Crippen LogP contribution in [0.15, 0.2) is 18.2 Å². The van der Waals surface area contributed by atoms with Crippen molar-refractivity contribution in [1.29, 1.82) is 0 Å². The highest BCUT2D eigenvalue weighted by Gasteiger charge is 2.11. The number of hydrogen-bond donors (Lipinski definition) is 2. The van der Waals surface area contributed by atoms with E-state index in [4.69, 9.17) is 0 Å². The van der Waals surface area contributed by atoms with Gasteiger partial charge in [0.2, 0.25) is 5.91 Å². The van der Waals surface area contributed by atoms with Crippen molar-refractivity contribution in [3.05, 3.63) is 23.8 Å². The molecule has 1 unspecified atom stereocenters. The molecule has 0 aromatic heterocycles. The van der Waals surface area contributed by atoms with Crippen LogP contribution in [0.1, 0.15) is 38.7 Å². The third kappa shape index (κ3) is 3.25. The second-order valence-corrected chi connectivity index (χ2v) is 5.17. The van der Waals surface area contributed by atoms with E-state index >= 15 is 0 Å². The van der Waals surface area contributed by atoms with E-state index in [0.29, 0.717) is 12.3 Å². The van der Waals surface area contributed by atoms with Gasteiger partial charge in [0, 0.05) is 24.3 Å². The van der Waals surface area contributed by atoms with Crippen LogP contribution in [0.2, 0.25) is 0 Å². The van der Waals surface area contributed by atoms with Gasteiger partial charge in [0.25, 0.3) is 0 Å². The summed E-state index contributed by atoms with van der Waals surface area (Å²) < 4.78 is 0. The first-order chi connectivity index (χ1) is 8.69. The smallest absolute Gasteiger partial charge is 0.224 e. The molecular weight excluding hydrogens is 224 g/mol. The van der Waals surface area contributed by atoms with Crippen molar-refractivity contribution in [2.75, 3.05) is 17.2 Å². The van der Waals surface area contributed by atoms with Crippen LogP contribution >= 0.6 is 0 Å². The van der Waals surface area contributed by atoms with Crippen LogP contribution in [0.4, 0.5) is 11.4 Å². The maximum Gasteiger partial charge on any atom is 0.224 e. The molecule has 0 bridgehead atoms. The predicted octanol–water partition coefficient (Wildman–Crippen LogP) is 3.42. The van der Waals surface area contributed by atoms with Gasteiger partial charge in [0.1, 0.15) is 0 Å². The third-order valence-electron chi connectivity index (χ3n) is 3.56. The van der Waals surface area contributed by atoms with Gasteiger partial charge in [-0.05, 0) is 42.5 Å². The van der Waals surface area contributed by atoms with E-state index in [2.05, 4.69) is 36.6 Å². The van der Waals surface area contributed by atoms with Gasteiger partial charge in [-0.1, -0.05) is 20.3 Å². The van der Waals surface area contributed by atoms with Gasteiger partial charge in [-0.15, -0.1) is 0 Å². The summed E-state index contributed by atoms with van der Waals surface area (Å²) in [6.07, 6.45) is 3.90. The van der Waals surface area contributed by atoms with Crippen LogP contribution in [0.3, 0.4) is 0 Å². The number of anilines is 2. The Bertz CT molecular complexity index is 429. The molecule has 3 heteroatoms. The molecule has 0 radical (unpaired) electrons. The predicted molar refractivity (Wildman–Crippen MR) is 76.0 cm³/mol. The van der Waals surface area contributed by atoms with Gasteiger partial charge in [0.15, 0.2) is 0 Å². The number of nitrogens with one attached hydrogen (secondary N) is 2. The molecule has 0 spiro atoms. The quantitative estimate of drug-likeness (QED) is 0.854. The summed E-state index contributed by atoms with van der Waals surface area (Å²) in [5, 5.41) is 6.36. The first kappa shape index (κ1) is 12.9. The summed E-state index contributed by atoms with van der Waals surface area (Å²) >= 11 is 0. The van der Waals surface area contributed by atoms with E-state index < -0.39 is 0 Å². The zero-order chi connectivity index (χ0) is 13.0. The van der Waals surface area contributed by atoms with E-state index in [1.165, 1.54) is 11.3 Å². The molecule has 98 valence electrons. The standard InChI is InChI=1S/C15H22N2O/c1-3-11(2)9-15(18)17-13-6-7-14-12(10-13)5-4-8-16-14/h6-7,10-11,16H,3-5,8-9H2,1-2H3,(H,17,18). The van der Waals surface area contributed by atoms with Crippen LogP contribution < -0.4 is 10.6 Å². The number of rotatable bonds is 4. The fourth-order valence-corrected chi connectivity index (χ4v) is 2.23. The maximum absolute atomic E-state index is 11.8. The molecule has 1 atom stereocenters. The van der Waals surface area contributed by atoms with E-state index in [1.807, 2.05) is 6.07 Å². The lowest BCUT2D eigenvalue weighted by molar-refractivity contribution is -0.117. The van der Waals surface area contributed by atoms with E-state index in [-0.39, 0.29) is 5.91 Å². The van der Waals surface area contributed by atoms with Crippen molar-refractivity contribution in [1.82, 2.24) is 0 Å². The fourth-order valence-electron chi connectivity index (χ4n) is 2.23. The Morgan fingerprint density at radius 3 is 3.11 bits per heavy atom. The van der Waals surface area contributed by atoms with Crippen LogP contribution in [0.5, 0.6) is 0 Å². The lowest BCUT2D eigenvalue weighted by Gasteiger charge is -2.19. The number of carbonyl (C=O) groups excluding carboxylic acids is 1. The second-order valence-electron chi connectivity index (χ2n) is 5.17. The fraction of sp³-hybridized carbons (Fsp3) is 0.533. The lowest BCUT2D eigenvalue weighted by atomic mass is 10.0. The largest absolute Gasteiger partial charge is 0.385 e. The van der Waals surface area contributed by atoms with Crippen LogP contribution in [-0.4, -0.2) is 12.5 Å². The number of amides is 1. The Balaban J connectivity index is 1.99. The Morgan fingerprint density at radius 2 is 2.33 bits per heavy atom. The number of hydrogen-bond acceptors (Lipinski definition) is 2. The topological polar surface area (TPSA) is 41.1 Å². The highest BCUT2D eigenvalue weighted by molar-refractivity contribution is 5.91. The number of aryl methyl sites for hydroxylation is 1. The average molecular weight is 246 g/mol. The molecule has 1 aliphatic heterocycles. The van der Waals surface area contributed by atoms with Crippen molar-refractivity contribution in [2.45, 2.75) is 39.5 Å². The molecule has 0 saturated heterocycles. The summed E-state index contributed by atoms with van der Waals surface area (Å²) in [6.45, 7) is 5.27. The molecule has 1 aromatic rings. The molecular formula is C15H22N2O. The summed E-state index contributed by atoms with van der Waals surface area (Å²) in [4.78, 5) is 11.8. The summed E-state index contributed by atoms with van der Waals surface area (Å²) in [5.41, 5.74) is 3.44. The van der Waals surface area contributed by atoms with Crippen molar-refractivity contribution >= 4 is 17.3 Å². The van der Waals surface area contributed by atoms with Crippen molar-refractivity contribution in [2.24, 2.45) is 5.92 Å². The Morgan fingerprint density at radius 1 is 1.50 bits per heavy atom. The van der Waals surface area contributed by atoms with E-state index in [1.54, 1.807) is 0 Å². The van der Waals surface area contributed by atoms with Gasteiger partial charge in [-0.25, -0.2) is 0 Å². The molecule has 2 rings (SSSR count). The molecule has 1 aromatic carbocycles. The number of benzene rings is 1. The summed E-state index contributed by atoms with van der Waals surface area (Å²) in [5.74, 6) is 0.567. The van der Waals surface area contributed by atoms with Crippen LogP contribution in [0.25, 0.3) is 0 Å². The molecule has 2 N–H and O–H groups in total. The van der Waals surface area contributed by atoms with Crippen LogP contribution in [0, 0.1) is 5.92 Å². The minimum Gasteiger partial charge on any atom is -0.385 e. The normalized spacial score (nSPS) is 15.4. The zero-order valence-corrected chi connectivity index (χ0v) is 11.3. The molecule has 1 amide bonds. The zero-order valence-electron chi connectivity index (χ0n) is 11.3. The highest BCUT2D eigenvalue weighted by atomic mass is 16.1. The SMILES string of the molecule is CCC(C)CC(=O)Nc1ccc2c(c1)CCCN2. The van der Waals surface area contributed by atoms with Crippen molar-refractivity contribution in [3.8, 4) is 0 Å². The lowest BCUT2D eigenvalue weighted by Crippen LogP contribution is -2.16. The molecule has 1 heterocycles. The Labute approximate surface area is 109 Å². The average Bonchev–Trinajstić information content (AvgIpc) is 2.38. The molecule has 0 saturated carbocycles. The van der Waals surface area contributed by atoms with Gasteiger partial charge in [0.05, 0.1) is 0 Å². The van der Waals surface area contributed by atoms with Gasteiger partial charge in [-0.3, -0.25) is 4.79 Å². The second kappa shape index (κ2) is 5.89. The maximum atomic E-state index is 11.8.